The lowest BCUT2D eigenvalue weighted by Gasteiger charge is -2.34. The highest BCUT2D eigenvalue weighted by Gasteiger charge is 2.43. The van der Waals surface area contributed by atoms with Crippen LogP contribution in [0.5, 0.6) is 0 Å². The monoisotopic (exact) mass is 215 g/mol. The van der Waals surface area contributed by atoms with Gasteiger partial charge in [0.1, 0.15) is 0 Å². The third-order valence-corrected chi connectivity index (χ3v) is 4.08. The van der Waals surface area contributed by atoms with Crippen molar-refractivity contribution in [2.45, 2.75) is 44.6 Å². The predicted molar refractivity (Wildman–Crippen MR) is 63.4 cm³/mol. The SMILES string of the molecule is Cc1cccc2c1C(=O)NC21CCCCC1. The van der Waals surface area contributed by atoms with Crippen LogP contribution in [-0.4, -0.2) is 5.91 Å². The second-order valence-electron chi connectivity index (χ2n) is 5.09. The lowest BCUT2D eigenvalue weighted by Crippen LogP contribution is -2.40. The van der Waals surface area contributed by atoms with E-state index in [9.17, 15) is 4.79 Å². The second kappa shape index (κ2) is 3.34. The van der Waals surface area contributed by atoms with Crippen molar-refractivity contribution in [3.8, 4) is 0 Å². The Morgan fingerprint density at radius 2 is 1.94 bits per heavy atom. The Morgan fingerprint density at radius 3 is 2.69 bits per heavy atom. The maximum absolute atomic E-state index is 12.0. The van der Waals surface area contributed by atoms with Crippen LogP contribution in [0.2, 0.25) is 0 Å². The fourth-order valence-electron chi connectivity index (χ4n) is 3.26. The van der Waals surface area contributed by atoms with Gasteiger partial charge in [-0.3, -0.25) is 4.79 Å². The molecule has 0 atom stereocenters. The van der Waals surface area contributed by atoms with Gasteiger partial charge in [-0.05, 0) is 30.9 Å². The number of benzene rings is 1. The lowest BCUT2D eigenvalue weighted by molar-refractivity contribution is 0.0909. The average Bonchev–Trinajstić information content (AvgIpc) is 2.55. The minimum Gasteiger partial charge on any atom is -0.342 e. The first kappa shape index (κ1) is 9.88. The van der Waals surface area contributed by atoms with Gasteiger partial charge in [0.2, 0.25) is 0 Å². The Labute approximate surface area is 96.1 Å². The highest BCUT2D eigenvalue weighted by Crippen LogP contribution is 2.43. The molecule has 1 aromatic rings. The summed E-state index contributed by atoms with van der Waals surface area (Å²) in [4.78, 5) is 12.0. The standard InChI is InChI=1S/C14H17NO/c1-10-6-5-7-11-12(10)13(16)15-14(11)8-3-2-4-9-14/h5-7H,2-4,8-9H2,1H3,(H,15,16). The van der Waals surface area contributed by atoms with Crippen LogP contribution < -0.4 is 5.32 Å². The van der Waals surface area contributed by atoms with E-state index in [0.29, 0.717) is 0 Å². The number of hydrogen-bond acceptors (Lipinski definition) is 1. The Bertz CT molecular complexity index is 444. The zero-order chi connectivity index (χ0) is 11.2. The Hall–Kier alpha value is -1.31. The number of nitrogens with one attached hydrogen (secondary N) is 1. The van der Waals surface area contributed by atoms with E-state index < -0.39 is 0 Å². The van der Waals surface area contributed by atoms with Crippen molar-refractivity contribution in [3.63, 3.8) is 0 Å². The van der Waals surface area contributed by atoms with Gasteiger partial charge in [0, 0.05) is 5.56 Å². The largest absolute Gasteiger partial charge is 0.342 e. The van der Waals surface area contributed by atoms with E-state index in [4.69, 9.17) is 0 Å². The van der Waals surface area contributed by atoms with Crippen molar-refractivity contribution in [2.75, 3.05) is 0 Å². The van der Waals surface area contributed by atoms with Gasteiger partial charge < -0.3 is 5.32 Å². The molecule has 0 saturated heterocycles. The van der Waals surface area contributed by atoms with Gasteiger partial charge in [0.05, 0.1) is 5.54 Å². The number of amides is 1. The molecule has 1 amide bonds. The van der Waals surface area contributed by atoms with Gasteiger partial charge in [0.15, 0.2) is 0 Å². The minimum absolute atomic E-state index is 0.0311. The van der Waals surface area contributed by atoms with E-state index in [-0.39, 0.29) is 11.4 Å². The van der Waals surface area contributed by atoms with Crippen molar-refractivity contribution in [1.29, 1.82) is 0 Å². The first-order valence-electron chi connectivity index (χ1n) is 6.16. The summed E-state index contributed by atoms with van der Waals surface area (Å²) in [5, 5.41) is 3.24. The third-order valence-electron chi connectivity index (χ3n) is 4.08. The summed E-state index contributed by atoms with van der Waals surface area (Å²) in [6.07, 6.45) is 5.98. The molecule has 0 bridgehead atoms. The van der Waals surface area contributed by atoms with Crippen LogP contribution in [-0.2, 0) is 5.54 Å². The molecular formula is C14H17NO. The van der Waals surface area contributed by atoms with Gasteiger partial charge in [-0.25, -0.2) is 0 Å². The molecule has 1 saturated carbocycles. The maximum Gasteiger partial charge on any atom is 0.252 e. The highest BCUT2D eigenvalue weighted by atomic mass is 16.2. The predicted octanol–water partition coefficient (Wildman–Crippen LogP) is 2.90. The molecule has 1 aliphatic carbocycles. The van der Waals surface area contributed by atoms with Crippen molar-refractivity contribution < 1.29 is 4.79 Å². The van der Waals surface area contributed by atoms with Gasteiger partial charge in [0.25, 0.3) is 5.91 Å². The minimum atomic E-state index is -0.0311. The summed E-state index contributed by atoms with van der Waals surface area (Å²) in [6.45, 7) is 2.03. The van der Waals surface area contributed by atoms with Crippen LogP contribution in [0, 0.1) is 6.92 Å². The van der Waals surface area contributed by atoms with Gasteiger partial charge in [-0.15, -0.1) is 0 Å². The van der Waals surface area contributed by atoms with Crippen LogP contribution in [0.3, 0.4) is 0 Å². The normalized spacial score (nSPS) is 21.9. The van der Waals surface area contributed by atoms with Crippen LogP contribution in [0.1, 0.15) is 53.6 Å². The van der Waals surface area contributed by atoms with Gasteiger partial charge >= 0.3 is 0 Å². The summed E-state index contributed by atoms with van der Waals surface area (Å²) in [6, 6.07) is 6.23. The van der Waals surface area contributed by atoms with E-state index in [0.717, 1.165) is 24.0 Å². The molecule has 3 rings (SSSR count). The van der Waals surface area contributed by atoms with Crippen molar-refractivity contribution in [3.05, 3.63) is 34.9 Å². The quantitative estimate of drug-likeness (QED) is 0.708. The van der Waals surface area contributed by atoms with Gasteiger partial charge in [-0.2, -0.15) is 0 Å². The lowest BCUT2D eigenvalue weighted by atomic mass is 9.77. The molecule has 0 aromatic heterocycles. The summed E-state index contributed by atoms with van der Waals surface area (Å²) in [5.41, 5.74) is 3.26. The van der Waals surface area contributed by atoms with E-state index in [1.807, 2.05) is 13.0 Å². The average molecular weight is 215 g/mol. The molecule has 2 aliphatic rings. The number of hydrogen-bond donors (Lipinski definition) is 1. The van der Waals surface area contributed by atoms with Crippen molar-refractivity contribution in [2.24, 2.45) is 0 Å². The fraction of sp³-hybridized carbons (Fsp3) is 0.500. The number of aryl methyl sites for hydroxylation is 1. The molecule has 2 heteroatoms. The molecule has 1 heterocycles. The van der Waals surface area contributed by atoms with Crippen LogP contribution >= 0.6 is 0 Å². The molecule has 1 aromatic carbocycles. The van der Waals surface area contributed by atoms with Crippen LogP contribution in [0.15, 0.2) is 18.2 Å². The Morgan fingerprint density at radius 1 is 1.19 bits per heavy atom. The first-order chi connectivity index (χ1) is 7.73. The molecule has 1 spiro atoms. The van der Waals surface area contributed by atoms with Crippen LogP contribution in [0.25, 0.3) is 0 Å². The molecule has 0 radical (unpaired) electrons. The molecule has 16 heavy (non-hydrogen) atoms. The van der Waals surface area contributed by atoms with Crippen molar-refractivity contribution in [1.82, 2.24) is 5.32 Å². The summed E-state index contributed by atoms with van der Waals surface area (Å²) in [7, 11) is 0. The van der Waals surface area contributed by atoms with E-state index in [1.165, 1.54) is 24.8 Å². The number of carbonyl (C=O) groups excluding carboxylic acids is 1. The summed E-state index contributed by atoms with van der Waals surface area (Å²) >= 11 is 0. The van der Waals surface area contributed by atoms with E-state index >= 15 is 0 Å². The third kappa shape index (κ3) is 1.22. The number of rotatable bonds is 0. The zero-order valence-electron chi connectivity index (χ0n) is 9.68. The van der Waals surface area contributed by atoms with Crippen molar-refractivity contribution >= 4 is 5.91 Å². The highest BCUT2D eigenvalue weighted by molar-refractivity contribution is 6.01. The second-order valence-corrected chi connectivity index (χ2v) is 5.09. The molecule has 0 unspecified atom stereocenters. The molecule has 84 valence electrons. The topological polar surface area (TPSA) is 29.1 Å². The molecular weight excluding hydrogens is 198 g/mol. The first-order valence-corrected chi connectivity index (χ1v) is 6.16. The Balaban J connectivity index is 2.14. The number of carbonyl (C=O) groups is 1. The fourth-order valence-corrected chi connectivity index (χ4v) is 3.26. The molecule has 1 fully saturated rings. The van der Waals surface area contributed by atoms with E-state index in [1.54, 1.807) is 0 Å². The summed E-state index contributed by atoms with van der Waals surface area (Å²) < 4.78 is 0. The zero-order valence-corrected chi connectivity index (χ0v) is 9.68. The number of fused-ring (bicyclic) bond motifs is 2. The maximum atomic E-state index is 12.0. The van der Waals surface area contributed by atoms with Gasteiger partial charge in [-0.1, -0.05) is 37.5 Å². The Kier molecular flexibility index (Phi) is 2.06. The molecule has 1 aliphatic heterocycles. The summed E-state index contributed by atoms with van der Waals surface area (Å²) in [5.74, 6) is 0.134. The smallest absolute Gasteiger partial charge is 0.252 e. The van der Waals surface area contributed by atoms with E-state index in [2.05, 4.69) is 17.4 Å². The molecule has 1 N–H and O–H groups in total. The molecule has 2 nitrogen and oxygen atoms in total. The van der Waals surface area contributed by atoms with Crippen LogP contribution in [0.4, 0.5) is 0 Å².